The Hall–Kier alpha value is -3.00. The number of rotatable bonds is 5. The van der Waals surface area contributed by atoms with Crippen molar-refractivity contribution in [3.05, 3.63) is 59.1 Å². The zero-order chi connectivity index (χ0) is 19.3. The van der Waals surface area contributed by atoms with Gasteiger partial charge in [0.1, 0.15) is 0 Å². The molecule has 144 valence electrons. The SMILES string of the molecule is O=C(CCc1nc(-c2ccncc2)cs1)N1CCN(C(=O)c2ccco2)CC1. The van der Waals surface area contributed by atoms with Crippen molar-refractivity contribution in [3.63, 3.8) is 0 Å². The fraction of sp³-hybridized carbons (Fsp3) is 0.300. The van der Waals surface area contributed by atoms with Crippen molar-refractivity contribution in [2.45, 2.75) is 12.8 Å². The molecule has 7 nitrogen and oxygen atoms in total. The molecule has 0 aromatic carbocycles. The predicted molar refractivity (Wildman–Crippen MR) is 105 cm³/mol. The van der Waals surface area contributed by atoms with Gasteiger partial charge in [-0.15, -0.1) is 11.3 Å². The largest absolute Gasteiger partial charge is 0.459 e. The quantitative estimate of drug-likeness (QED) is 0.663. The number of thiazole rings is 1. The molecule has 0 saturated carbocycles. The number of aromatic nitrogens is 2. The molecule has 0 bridgehead atoms. The summed E-state index contributed by atoms with van der Waals surface area (Å²) in [5.41, 5.74) is 1.95. The van der Waals surface area contributed by atoms with E-state index in [4.69, 9.17) is 4.42 Å². The Kier molecular flexibility index (Phi) is 5.48. The summed E-state index contributed by atoms with van der Waals surface area (Å²) < 4.78 is 5.16. The molecule has 2 amide bonds. The molecule has 28 heavy (non-hydrogen) atoms. The molecule has 1 aliphatic rings. The second kappa shape index (κ2) is 8.35. The third-order valence-corrected chi connectivity index (χ3v) is 5.64. The summed E-state index contributed by atoms with van der Waals surface area (Å²) >= 11 is 1.57. The summed E-state index contributed by atoms with van der Waals surface area (Å²) in [7, 11) is 0. The zero-order valence-electron chi connectivity index (χ0n) is 15.3. The molecule has 0 unspecified atom stereocenters. The standard InChI is InChI=1S/C20H20N4O3S/c25-19(4-3-18-22-16(14-28-18)15-5-7-21-8-6-15)23-9-11-24(12-10-23)20(26)17-2-1-13-27-17/h1-2,5-8,13-14H,3-4,9-12H2. The molecule has 3 aromatic rings. The maximum absolute atomic E-state index is 12.5. The Balaban J connectivity index is 1.26. The molecule has 1 saturated heterocycles. The number of furan rings is 1. The number of nitrogens with zero attached hydrogens (tertiary/aromatic N) is 4. The van der Waals surface area contributed by atoms with E-state index < -0.39 is 0 Å². The van der Waals surface area contributed by atoms with Gasteiger partial charge in [-0.1, -0.05) is 0 Å². The molecule has 8 heteroatoms. The minimum atomic E-state index is -0.122. The Morgan fingerprint density at radius 3 is 2.54 bits per heavy atom. The molecular formula is C20H20N4O3S. The third kappa shape index (κ3) is 4.12. The van der Waals surface area contributed by atoms with Crippen LogP contribution in [-0.4, -0.2) is 57.8 Å². The molecular weight excluding hydrogens is 376 g/mol. The van der Waals surface area contributed by atoms with Crippen LogP contribution in [0.15, 0.2) is 52.7 Å². The highest BCUT2D eigenvalue weighted by atomic mass is 32.1. The van der Waals surface area contributed by atoms with Crippen LogP contribution in [0.5, 0.6) is 0 Å². The molecule has 0 atom stereocenters. The lowest BCUT2D eigenvalue weighted by Crippen LogP contribution is -2.50. The first-order valence-electron chi connectivity index (χ1n) is 9.16. The Morgan fingerprint density at radius 1 is 1.07 bits per heavy atom. The topological polar surface area (TPSA) is 79.5 Å². The van der Waals surface area contributed by atoms with Crippen LogP contribution >= 0.6 is 11.3 Å². The number of piperazine rings is 1. The van der Waals surface area contributed by atoms with Gasteiger partial charge in [-0.05, 0) is 24.3 Å². The van der Waals surface area contributed by atoms with E-state index >= 15 is 0 Å². The number of hydrogen-bond acceptors (Lipinski definition) is 6. The summed E-state index contributed by atoms with van der Waals surface area (Å²) in [5, 5.41) is 2.96. The molecule has 4 rings (SSSR count). The molecule has 1 fully saturated rings. The van der Waals surface area contributed by atoms with Gasteiger partial charge in [-0.3, -0.25) is 14.6 Å². The van der Waals surface area contributed by atoms with Crippen molar-refractivity contribution in [1.82, 2.24) is 19.8 Å². The van der Waals surface area contributed by atoms with E-state index in [1.807, 2.05) is 22.4 Å². The lowest BCUT2D eigenvalue weighted by molar-refractivity contribution is -0.132. The highest BCUT2D eigenvalue weighted by Crippen LogP contribution is 2.22. The first kappa shape index (κ1) is 18.4. The molecule has 0 aliphatic carbocycles. The zero-order valence-corrected chi connectivity index (χ0v) is 16.1. The number of aryl methyl sites for hydroxylation is 1. The highest BCUT2D eigenvalue weighted by Gasteiger charge is 2.25. The van der Waals surface area contributed by atoms with E-state index in [1.54, 1.807) is 40.8 Å². The molecule has 0 spiro atoms. The smallest absolute Gasteiger partial charge is 0.289 e. The normalized spacial score (nSPS) is 14.3. The van der Waals surface area contributed by atoms with Crippen LogP contribution in [0.25, 0.3) is 11.3 Å². The van der Waals surface area contributed by atoms with E-state index in [2.05, 4.69) is 9.97 Å². The van der Waals surface area contributed by atoms with Crippen LogP contribution in [0.1, 0.15) is 22.0 Å². The van der Waals surface area contributed by atoms with E-state index in [0.29, 0.717) is 44.8 Å². The summed E-state index contributed by atoms with van der Waals surface area (Å²) in [6.07, 6.45) is 6.03. The van der Waals surface area contributed by atoms with Crippen molar-refractivity contribution < 1.29 is 14.0 Å². The van der Waals surface area contributed by atoms with Crippen molar-refractivity contribution in [2.24, 2.45) is 0 Å². The van der Waals surface area contributed by atoms with Gasteiger partial charge in [0.25, 0.3) is 5.91 Å². The lowest BCUT2D eigenvalue weighted by atomic mass is 10.2. The van der Waals surface area contributed by atoms with Crippen molar-refractivity contribution in [3.8, 4) is 11.3 Å². The summed E-state index contributed by atoms with van der Waals surface area (Å²) in [5.74, 6) is 0.322. The first-order valence-corrected chi connectivity index (χ1v) is 10.0. The van der Waals surface area contributed by atoms with Gasteiger partial charge in [0.05, 0.1) is 17.0 Å². The Labute approximate surface area is 166 Å². The molecule has 1 aliphatic heterocycles. The molecule has 0 N–H and O–H groups in total. The predicted octanol–water partition coefficient (Wildman–Crippen LogP) is 2.72. The summed E-state index contributed by atoms with van der Waals surface area (Å²) in [6.45, 7) is 2.14. The van der Waals surface area contributed by atoms with Crippen LogP contribution in [0.3, 0.4) is 0 Å². The average Bonchev–Trinajstić information content (AvgIpc) is 3.44. The van der Waals surface area contributed by atoms with Crippen LogP contribution in [0, 0.1) is 0 Å². The maximum Gasteiger partial charge on any atom is 0.289 e. The van der Waals surface area contributed by atoms with Crippen LogP contribution < -0.4 is 0 Å². The number of carbonyl (C=O) groups excluding carboxylic acids is 2. The number of amides is 2. The monoisotopic (exact) mass is 396 g/mol. The van der Waals surface area contributed by atoms with Gasteiger partial charge >= 0.3 is 0 Å². The fourth-order valence-electron chi connectivity index (χ4n) is 3.17. The summed E-state index contributed by atoms with van der Waals surface area (Å²) in [6, 6.07) is 7.21. The molecule has 3 aromatic heterocycles. The van der Waals surface area contributed by atoms with Gasteiger partial charge in [0.15, 0.2) is 5.76 Å². The fourth-order valence-corrected chi connectivity index (χ4v) is 3.98. The van der Waals surface area contributed by atoms with Crippen LogP contribution in [0.4, 0.5) is 0 Å². The van der Waals surface area contributed by atoms with Crippen molar-refractivity contribution in [1.29, 1.82) is 0 Å². The Morgan fingerprint density at radius 2 is 1.82 bits per heavy atom. The highest BCUT2D eigenvalue weighted by molar-refractivity contribution is 7.09. The van der Waals surface area contributed by atoms with E-state index in [-0.39, 0.29) is 11.8 Å². The lowest BCUT2D eigenvalue weighted by Gasteiger charge is -2.34. The summed E-state index contributed by atoms with van der Waals surface area (Å²) in [4.78, 5) is 37.0. The molecule has 4 heterocycles. The first-order chi connectivity index (χ1) is 13.7. The second-order valence-electron chi connectivity index (χ2n) is 6.51. The van der Waals surface area contributed by atoms with Crippen molar-refractivity contribution in [2.75, 3.05) is 26.2 Å². The Bertz CT molecular complexity index is 932. The third-order valence-electron chi connectivity index (χ3n) is 4.73. The minimum Gasteiger partial charge on any atom is -0.459 e. The van der Waals surface area contributed by atoms with Gasteiger partial charge in [-0.25, -0.2) is 4.98 Å². The van der Waals surface area contributed by atoms with Gasteiger partial charge in [0.2, 0.25) is 5.91 Å². The number of pyridine rings is 1. The van der Waals surface area contributed by atoms with E-state index in [9.17, 15) is 9.59 Å². The van der Waals surface area contributed by atoms with Gasteiger partial charge in [-0.2, -0.15) is 0 Å². The van der Waals surface area contributed by atoms with Gasteiger partial charge in [0, 0.05) is 62.4 Å². The molecule has 0 radical (unpaired) electrons. The van der Waals surface area contributed by atoms with Crippen LogP contribution in [-0.2, 0) is 11.2 Å². The van der Waals surface area contributed by atoms with Crippen LogP contribution in [0.2, 0.25) is 0 Å². The van der Waals surface area contributed by atoms with E-state index in [0.717, 1.165) is 16.3 Å². The average molecular weight is 396 g/mol. The van der Waals surface area contributed by atoms with Gasteiger partial charge < -0.3 is 14.2 Å². The van der Waals surface area contributed by atoms with Crippen molar-refractivity contribution >= 4 is 23.2 Å². The maximum atomic E-state index is 12.5. The number of hydrogen-bond donors (Lipinski definition) is 0. The second-order valence-corrected chi connectivity index (χ2v) is 7.46. The number of carbonyl (C=O) groups is 2. The minimum absolute atomic E-state index is 0.103. The van der Waals surface area contributed by atoms with E-state index in [1.165, 1.54) is 6.26 Å².